The number of aromatic nitrogens is 3. The Morgan fingerprint density at radius 2 is 2.18 bits per heavy atom. The van der Waals surface area contributed by atoms with Crippen LogP contribution in [-0.2, 0) is 9.59 Å². The summed E-state index contributed by atoms with van der Waals surface area (Å²) in [5.74, 6) is 1.76. The highest BCUT2D eigenvalue weighted by atomic mass is 16.2. The van der Waals surface area contributed by atoms with E-state index in [0.717, 1.165) is 44.6 Å². The molecule has 2 aliphatic rings. The predicted molar refractivity (Wildman–Crippen MR) is 79.9 cm³/mol. The second kappa shape index (κ2) is 6.46. The molecule has 1 aromatic rings. The third-order valence-corrected chi connectivity index (χ3v) is 4.50. The van der Waals surface area contributed by atoms with Crippen molar-refractivity contribution in [2.75, 3.05) is 19.6 Å². The zero-order valence-electron chi connectivity index (χ0n) is 13.0. The smallest absolute Gasteiger partial charge is 0.224 e. The number of hydrogen-bond acceptors (Lipinski definition) is 4. The van der Waals surface area contributed by atoms with Gasteiger partial charge in [0.25, 0.3) is 0 Å². The van der Waals surface area contributed by atoms with Crippen molar-refractivity contribution < 1.29 is 9.59 Å². The van der Waals surface area contributed by atoms with Gasteiger partial charge in [-0.3, -0.25) is 14.7 Å². The van der Waals surface area contributed by atoms with Gasteiger partial charge in [0.2, 0.25) is 11.8 Å². The predicted octanol–water partition coefficient (Wildman–Crippen LogP) is 1.18. The van der Waals surface area contributed by atoms with Crippen LogP contribution in [0.1, 0.15) is 56.2 Å². The zero-order chi connectivity index (χ0) is 15.5. The minimum absolute atomic E-state index is 0.0190. The minimum Gasteiger partial charge on any atom is -0.342 e. The average Bonchev–Trinajstić information content (AvgIpc) is 3.14. The summed E-state index contributed by atoms with van der Waals surface area (Å²) in [6.45, 7) is 3.94. The van der Waals surface area contributed by atoms with Gasteiger partial charge in [-0.1, -0.05) is 0 Å². The molecule has 1 aromatic heterocycles. The van der Waals surface area contributed by atoms with E-state index in [0.29, 0.717) is 25.2 Å². The van der Waals surface area contributed by atoms with Crippen molar-refractivity contribution in [2.24, 2.45) is 0 Å². The Balaban J connectivity index is 1.58. The Hall–Kier alpha value is -1.92. The van der Waals surface area contributed by atoms with Crippen LogP contribution in [0.4, 0.5) is 0 Å². The van der Waals surface area contributed by atoms with Gasteiger partial charge < -0.3 is 9.80 Å². The lowest BCUT2D eigenvalue weighted by Crippen LogP contribution is -2.39. The number of nitrogens with one attached hydrogen (secondary N) is 1. The van der Waals surface area contributed by atoms with Crippen LogP contribution in [0.25, 0.3) is 0 Å². The van der Waals surface area contributed by atoms with Gasteiger partial charge in [-0.05, 0) is 32.6 Å². The van der Waals surface area contributed by atoms with Crippen LogP contribution in [0.3, 0.4) is 0 Å². The van der Waals surface area contributed by atoms with Gasteiger partial charge in [-0.15, -0.1) is 0 Å². The van der Waals surface area contributed by atoms with Gasteiger partial charge in [-0.2, -0.15) is 5.10 Å². The van der Waals surface area contributed by atoms with Gasteiger partial charge in [0.05, 0.1) is 6.04 Å². The highest BCUT2D eigenvalue weighted by Gasteiger charge is 2.32. The third kappa shape index (κ3) is 3.13. The molecule has 0 spiro atoms. The van der Waals surface area contributed by atoms with Crippen molar-refractivity contribution in [3.63, 3.8) is 0 Å². The van der Waals surface area contributed by atoms with Crippen LogP contribution in [0.5, 0.6) is 0 Å². The molecule has 0 saturated carbocycles. The molecular weight excluding hydrogens is 282 g/mol. The number of H-pyrrole nitrogens is 1. The van der Waals surface area contributed by atoms with Crippen LogP contribution in [-0.4, -0.2) is 56.4 Å². The van der Waals surface area contributed by atoms with E-state index in [1.165, 1.54) is 0 Å². The lowest BCUT2D eigenvalue weighted by molar-refractivity contribution is -0.136. The molecule has 0 radical (unpaired) electrons. The Labute approximate surface area is 130 Å². The molecular formula is C15H23N5O2. The summed E-state index contributed by atoms with van der Waals surface area (Å²) in [5, 5.41) is 7.04. The fraction of sp³-hybridized carbons (Fsp3) is 0.733. The molecule has 2 aliphatic heterocycles. The number of carbonyl (C=O) groups is 2. The molecule has 22 heavy (non-hydrogen) atoms. The number of amides is 2. The van der Waals surface area contributed by atoms with Gasteiger partial charge in [0, 0.05) is 32.5 Å². The molecule has 0 bridgehead atoms. The molecule has 1 N–H and O–H groups in total. The first-order valence-electron chi connectivity index (χ1n) is 8.11. The molecule has 120 valence electrons. The molecule has 7 heteroatoms. The van der Waals surface area contributed by atoms with Crippen molar-refractivity contribution in [3.8, 4) is 0 Å². The number of hydrogen-bond donors (Lipinski definition) is 1. The Morgan fingerprint density at radius 1 is 1.32 bits per heavy atom. The molecule has 0 unspecified atom stereocenters. The highest BCUT2D eigenvalue weighted by molar-refractivity contribution is 5.80. The van der Waals surface area contributed by atoms with E-state index in [1.807, 2.05) is 16.7 Å². The first-order chi connectivity index (χ1) is 10.6. The summed E-state index contributed by atoms with van der Waals surface area (Å²) >= 11 is 0. The van der Waals surface area contributed by atoms with Gasteiger partial charge >= 0.3 is 0 Å². The van der Waals surface area contributed by atoms with E-state index in [-0.39, 0.29) is 17.9 Å². The first-order valence-corrected chi connectivity index (χ1v) is 8.11. The SMILES string of the molecule is Cc1nc([C@@H]2CCCN2C(=O)CCN2CCCCC2=O)n[nH]1. The largest absolute Gasteiger partial charge is 0.342 e. The first kappa shape index (κ1) is 15.0. The summed E-state index contributed by atoms with van der Waals surface area (Å²) in [7, 11) is 0. The summed E-state index contributed by atoms with van der Waals surface area (Å²) < 4.78 is 0. The molecule has 0 aromatic carbocycles. The third-order valence-electron chi connectivity index (χ3n) is 4.50. The van der Waals surface area contributed by atoms with Crippen LogP contribution in [0, 0.1) is 6.92 Å². The van der Waals surface area contributed by atoms with Gasteiger partial charge in [0.15, 0.2) is 5.82 Å². The van der Waals surface area contributed by atoms with Crippen molar-refractivity contribution in [2.45, 2.75) is 51.5 Å². The summed E-state index contributed by atoms with van der Waals surface area (Å²) in [5.41, 5.74) is 0. The maximum Gasteiger partial charge on any atom is 0.224 e. The Morgan fingerprint density at radius 3 is 2.91 bits per heavy atom. The van der Waals surface area contributed by atoms with Crippen molar-refractivity contribution in [1.29, 1.82) is 0 Å². The van der Waals surface area contributed by atoms with Crippen LogP contribution < -0.4 is 0 Å². The molecule has 7 nitrogen and oxygen atoms in total. The number of likely N-dealkylation sites (tertiary alicyclic amines) is 2. The number of aromatic amines is 1. The zero-order valence-corrected chi connectivity index (χ0v) is 13.0. The van der Waals surface area contributed by atoms with Crippen molar-refractivity contribution >= 4 is 11.8 Å². The van der Waals surface area contributed by atoms with Gasteiger partial charge in [-0.25, -0.2) is 4.98 Å². The number of nitrogens with zero attached hydrogens (tertiary/aromatic N) is 4. The fourth-order valence-electron chi connectivity index (χ4n) is 3.32. The normalized spacial score (nSPS) is 22.4. The number of aryl methyl sites for hydroxylation is 1. The topological polar surface area (TPSA) is 82.2 Å². The monoisotopic (exact) mass is 305 g/mol. The van der Waals surface area contributed by atoms with Crippen molar-refractivity contribution in [1.82, 2.24) is 25.0 Å². The molecule has 2 saturated heterocycles. The summed E-state index contributed by atoms with van der Waals surface area (Å²) in [6, 6.07) is -0.0190. The maximum atomic E-state index is 12.5. The molecule has 2 amide bonds. The van der Waals surface area contributed by atoms with Crippen LogP contribution in [0.2, 0.25) is 0 Å². The van der Waals surface area contributed by atoms with E-state index >= 15 is 0 Å². The summed E-state index contributed by atoms with van der Waals surface area (Å²) in [4.78, 5) is 32.4. The quantitative estimate of drug-likeness (QED) is 0.905. The van der Waals surface area contributed by atoms with E-state index in [1.54, 1.807) is 0 Å². The molecule has 3 heterocycles. The Kier molecular flexibility index (Phi) is 4.40. The number of piperidine rings is 1. The summed E-state index contributed by atoms with van der Waals surface area (Å²) in [6.07, 6.45) is 4.92. The number of rotatable bonds is 4. The minimum atomic E-state index is -0.0190. The maximum absolute atomic E-state index is 12.5. The van der Waals surface area contributed by atoms with Crippen LogP contribution >= 0.6 is 0 Å². The molecule has 3 rings (SSSR count). The van der Waals surface area contributed by atoms with E-state index in [2.05, 4.69) is 15.2 Å². The van der Waals surface area contributed by atoms with Crippen LogP contribution in [0.15, 0.2) is 0 Å². The Bertz CT molecular complexity index is 556. The standard InChI is InChI=1S/C15H23N5O2/c1-11-16-15(18-17-11)12-5-4-9-20(12)14(22)7-10-19-8-3-2-6-13(19)21/h12H,2-10H2,1H3,(H,16,17,18)/t12-/m0/s1. The van der Waals surface area contributed by atoms with Crippen molar-refractivity contribution in [3.05, 3.63) is 11.6 Å². The fourth-order valence-corrected chi connectivity index (χ4v) is 3.32. The second-order valence-electron chi connectivity index (χ2n) is 6.11. The average molecular weight is 305 g/mol. The number of carbonyl (C=O) groups excluding carboxylic acids is 2. The molecule has 0 aliphatic carbocycles. The molecule has 2 fully saturated rings. The lowest BCUT2D eigenvalue weighted by atomic mass is 10.1. The second-order valence-corrected chi connectivity index (χ2v) is 6.11. The highest BCUT2D eigenvalue weighted by Crippen LogP contribution is 2.30. The van der Waals surface area contributed by atoms with E-state index < -0.39 is 0 Å². The van der Waals surface area contributed by atoms with E-state index in [9.17, 15) is 9.59 Å². The molecule has 1 atom stereocenters. The van der Waals surface area contributed by atoms with E-state index in [4.69, 9.17) is 0 Å². The lowest BCUT2D eigenvalue weighted by Gasteiger charge is -2.28. The van der Waals surface area contributed by atoms with Gasteiger partial charge in [0.1, 0.15) is 5.82 Å².